The van der Waals surface area contributed by atoms with Gasteiger partial charge in [0.05, 0.1) is 0 Å². The van der Waals surface area contributed by atoms with Crippen molar-refractivity contribution in [3.63, 3.8) is 0 Å². The number of hydrogen-bond donors (Lipinski definition) is 1. The van der Waals surface area contributed by atoms with Gasteiger partial charge in [0, 0.05) is 5.39 Å². The van der Waals surface area contributed by atoms with Crippen LogP contribution in [-0.2, 0) is 6.42 Å². The van der Waals surface area contributed by atoms with Crippen LogP contribution in [0.15, 0.2) is 66.7 Å². The predicted octanol–water partition coefficient (Wildman–Crippen LogP) is 4.13. The number of hydrogen-bond acceptors (Lipinski definition) is 2. The molecule has 3 rings (SSSR count). The van der Waals surface area contributed by atoms with E-state index in [1.807, 2.05) is 42.5 Å². The van der Waals surface area contributed by atoms with Gasteiger partial charge in [-0.1, -0.05) is 54.6 Å². The minimum Gasteiger partial charge on any atom is -0.456 e. The van der Waals surface area contributed by atoms with Gasteiger partial charge in [-0.25, -0.2) is 0 Å². The summed E-state index contributed by atoms with van der Waals surface area (Å²) in [6.07, 6.45) is 0.820. The van der Waals surface area contributed by atoms with Crippen LogP contribution in [0.3, 0.4) is 0 Å². The average molecular weight is 263 g/mol. The highest BCUT2D eigenvalue weighted by Crippen LogP contribution is 2.31. The van der Waals surface area contributed by atoms with Crippen LogP contribution in [0.4, 0.5) is 0 Å². The fourth-order valence-electron chi connectivity index (χ4n) is 2.37. The van der Waals surface area contributed by atoms with E-state index in [0.29, 0.717) is 6.54 Å². The molecule has 0 saturated carbocycles. The molecule has 0 aromatic heterocycles. The van der Waals surface area contributed by atoms with E-state index >= 15 is 0 Å². The second kappa shape index (κ2) is 5.76. The smallest absolute Gasteiger partial charge is 0.135 e. The quantitative estimate of drug-likeness (QED) is 0.768. The fourth-order valence-corrected chi connectivity index (χ4v) is 2.37. The molecule has 2 nitrogen and oxygen atoms in total. The van der Waals surface area contributed by atoms with E-state index in [4.69, 9.17) is 10.5 Å². The molecule has 2 N–H and O–H groups in total. The summed E-state index contributed by atoms with van der Waals surface area (Å²) in [4.78, 5) is 0. The van der Waals surface area contributed by atoms with E-state index < -0.39 is 0 Å². The van der Waals surface area contributed by atoms with Crippen molar-refractivity contribution >= 4 is 10.8 Å². The van der Waals surface area contributed by atoms with Crippen LogP contribution in [0.1, 0.15) is 5.56 Å². The van der Waals surface area contributed by atoms with Crippen LogP contribution in [0.2, 0.25) is 0 Å². The van der Waals surface area contributed by atoms with Crippen LogP contribution in [0, 0.1) is 0 Å². The molecule has 0 aliphatic heterocycles. The molecule has 0 amide bonds. The van der Waals surface area contributed by atoms with Gasteiger partial charge in [-0.05, 0) is 36.0 Å². The van der Waals surface area contributed by atoms with Crippen molar-refractivity contribution in [2.75, 3.05) is 6.54 Å². The third-order valence-electron chi connectivity index (χ3n) is 3.36. The summed E-state index contributed by atoms with van der Waals surface area (Å²) in [5, 5.41) is 2.30. The van der Waals surface area contributed by atoms with Gasteiger partial charge in [-0.2, -0.15) is 0 Å². The van der Waals surface area contributed by atoms with Gasteiger partial charge in [0.1, 0.15) is 11.5 Å². The molecule has 3 aromatic carbocycles. The molecule has 0 heterocycles. The lowest BCUT2D eigenvalue weighted by molar-refractivity contribution is 0.482. The highest BCUT2D eigenvalue weighted by Gasteiger charge is 2.06. The lowest BCUT2D eigenvalue weighted by atomic mass is 10.1. The Bertz CT molecular complexity index is 716. The summed E-state index contributed by atoms with van der Waals surface area (Å²) >= 11 is 0. The molecule has 0 spiro atoms. The molecule has 0 aliphatic rings. The first-order chi connectivity index (χ1) is 9.88. The summed E-state index contributed by atoms with van der Waals surface area (Å²) in [7, 11) is 0. The fraction of sp³-hybridized carbons (Fsp3) is 0.111. The van der Waals surface area contributed by atoms with Gasteiger partial charge in [0.25, 0.3) is 0 Å². The Morgan fingerprint density at radius 2 is 1.45 bits per heavy atom. The minimum atomic E-state index is 0.621. The van der Waals surface area contributed by atoms with Crippen molar-refractivity contribution in [2.45, 2.75) is 6.42 Å². The molecule has 0 unspecified atom stereocenters. The Labute approximate surface area is 118 Å². The lowest BCUT2D eigenvalue weighted by Crippen LogP contribution is -2.03. The number of rotatable bonds is 4. The largest absolute Gasteiger partial charge is 0.456 e. The van der Waals surface area contributed by atoms with Gasteiger partial charge >= 0.3 is 0 Å². The zero-order valence-corrected chi connectivity index (χ0v) is 11.3. The number of ether oxygens (including phenoxy) is 1. The van der Waals surface area contributed by atoms with Crippen molar-refractivity contribution in [2.24, 2.45) is 5.73 Å². The first kappa shape index (κ1) is 12.7. The zero-order valence-electron chi connectivity index (χ0n) is 11.3. The first-order valence-corrected chi connectivity index (χ1v) is 6.82. The minimum absolute atomic E-state index is 0.621. The van der Waals surface area contributed by atoms with Gasteiger partial charge in [-0.3, -0.25) is 0 Å². The third kappa shape index (κ3) is 2.51. The van der Waals surface area contributed by atoms with E-state index in [1.54, 1.807) is 0 Å². The number of para-hydroxylation sites is 1. The van der Waals surface area contributed by atoms with Crippen molar-refractivity contribution in [1.82, 2.24) is 0 Å². The Morgan fingerprint density at radius 1 is 0.750 bits per heavy atom. The topological polar surface area (TPSA) is 35.2 Å². The Balaban J connectivity index is 2.01. The number of fused-ring (bicyclic) bond motifs is 1. The zero-order chi connectivity index (χ0) is 13.8. The summed E-state index contributed by atoms with van der Waals surface area (Å²) in [6.45, 7) is 0.621. The maximum absolute atomic E-state index is 6.12. The maximum Gasteiger partial charge on any atom is 0.135 e. The van der Waals surface area contributed by atoms with Gasteiger partial charge in [0.15, 0.2) is 0 Å². The van der Waals surface area contributed by atoms with E-state index in [2.05, 4.69) is 24.3 Å². The van der Waals surface area contributed by atoms with Crippen molar-refractivity contribution in [3.8, 4) is 11.5 Å². The van der Waals surface area contributed by atoms with Crippen molar-refractivity contribution in [1.29, 1.82) is 0 Å². The second-order valence-corrected chi connectivity index (χ2v) is 4.73. The standard InChI is InChI=1S/C18H17NO/c19-13-12-15-7-2-4-10-17(15)20-18-11-5-8-14-6-1-3-9-16(14)18/h1-11H,12-13,19H2. The molecule has 0 aliphatic carbocycles. The molecule has 3 aromatic rings. The second-order valence-electron chi connectivity index (χ2n) is 4.73. The Hall–Kier alpha value is -2.32. The number of benzene rings is 3. The molecular weight excluding hydrogens is 246 g/mol. The van der Waals surface area contributed by atoms with Gasteiger partial charge in [-0.15, -0.1) is 0 Å². The molecule has 100 valence electrons. The normalized spacial score (nSPS) is 10.7. The molecule has 2 heteroatoms. The Morgan fingerprint density at radius 3 is 2.35 bits per heavy atom. The van der Waals surface area contributed by atoms with E-state index in [9.17, 15) is 0 Å². The van der Waals surface area contributed by atoms with E-state index in [-0.39, 0.29) is 0 Å². The van der Waals surface area contributed by atoms with Crippen LogP contribution >= 0.6 is 0 Å². The highest BCUT2D eigenvalue weighted by atomic mass is 16.5. The lowest BCUT2D eigenvalue weighted by Gasteiger charge is -2.12. The predicted molar refractivity (Wildman–Crippen MR) is 83.2 cm³/mol. The Kier molecular flexibility index (Phi) is 3.66. The number of nitrogens with two attached hydrogens (primary N) is 1. The third-order valence-corrected chi connectivity index (χ3v) is 3.36. The van der Waals surface area contributed by atoms with Gasteiger partial charge < -0.3 is 10.5 Å². The van der Waals surface area contributed by atoms with Crippen LogP contribution < -0.4 is 10.5 Å². The molecular formula is C18H17NO. The highest BCUT2D eigenvalue weighted by molar-refractivity contribution is 5.88. The summed E-state index contributed by atoms with van der Waals surface area (Å²) < 4.78 is 6.12. The maximum atomic E-state index is 6.12. The summed E-state index contributed by atoms with van der Waals surface area (Å²) in [5.74, 6) is 1.77. The van der Waals surface area contributed by atoms with Crippen molar-refractivity contribution in [3.05, 3.63) is 72.3 Å². The molecule has 20 heavy (non-hydrogen) atoms. The average Bonchev–Trinajstić information content (AvgIpc) is 2.50. The molecule has 0 fully saturated rings. The first-order valence-electron chi connectivity index (χ1n) is 6.82. The van der Waals surface area contributed by atoms with Gasteiger partial charge in [0.2, 0.25) is 0 Å². The summed E-state index contributed by atoms with van der Waals surface area (Å²) in [6, 6.07) is 22.4. The SMILES string of the molecule is NCCc1ccccc1Oc1cccc2ccccc12. The monoisotopic (exact) mass is 263 g/mol. The van der Waals surface area contributed by atoms with Crippen molar-refractivity contribution < 1.29 is 4.74 Å². The summed E-state index contributed by atoms with van der Waals surface area (Å²) in [5.41, 5.74) is 6.80. The molecule has 0 bridgehead atoms. The molecule has 0 atom stereocenters. The van der Waals surface area contributed by atoms with Crippen LogP contribution in [0.5, 0.6) is 11.5 Å². The van der Waals surface area contributed by atoms with Crippen LogP contribution in [-0.4, -0.2) is 6.54 Å². The molecule has 0 saturated heterocycles. The van der Waals surface area contributed by atoms with E-state index in [1.165, 1.54) is 5.39 Å². The van der Waals surface area contributed by atoms with Crippen LogP contribution in [0.25, 0.3) is 10.8 Å². The van der Waals surface area contributed by atoms with E-state index in [0.717, 1.165) is 28.9 Å². The molecule has 0 radical (unpaired) electrons.